The Hall–Kier alpha value is -4.90. The molecule has 2 aromatic carbocycles. The third kappa shape index (κ3) is 7.58. The van der Waals surface area contributed by atoms with Crippen LogP contribution in [0.3, 0.4) is 0 Å². The van der Waals surface area contributed by atoms with Crippen molar-refractivity contribution in [2.24, 2.45) is 10.9 Å². The van der Waals surface area contributed by atoms with Gasteiger partial charge in [-0.2, -0.15) is 9.90 Å². The van der Waals surface area contributed by atoms with Gasteiger partial charge in [-0.3, -0.25) is 15.1 Å². The number of esters is 1. The van der Waals surface area contributed by atoms with Crippen LogP contribution in [0.1, 0.15) is 26.7 Å². The molecule has 1 aromatic heterocycles. The van der Waals surface area contributed by atoms with Crippen molar-refractivity contribution in [3.05, 3.63) is 82.0 Å². The normalized spacial score (nSPS) is 24.9. The summed E-state index contributed by atoms with van der Waals surface area (Å²) in [5.41, 5.74) is 3.38. The number of phenols is 1. The number of phenolic OH excluding ortho intramolecular Hbond substituents is 1. The van der Waals surface area contributed by atoms with Crippen molar-refractivity contribution >= 4 is 29.1 Å². The van der Waals surface area contributed by atoms with E-state index in [0.717, 1.165) is 23.4 Å². The zero-order valence-electron chi connectivity index (χ0n) is 28.1. The van der Waals surface area contributed by atoms with Crippen LogP contribution in [0, 0.1) is 5.92 Å². The van der Waals surface area contributed by atoms with Crippen LogP contribution in [-0.4, -0.2) is 95.5 Å². The summed E-state index contributed by atoms with van der Waals surface area (Å²) < 4.78 is 23.3. The lowest BCUT2D eigenvalue weighted by atomic mass is 9.99. The van der Waals surface area contributed by atoms with Crippen molar-refractivity contribution in [3.63, 3.8) is 0 Å². The van der Waals surface area contributed by atoms with Crippen LogP contribution in [0.5, 0.6) is 11.5 Å². The minimum absolute atomic E-state index is 0.0570. The minimum atomic E-state index is -1.66. The van der Waals surface area contributed by atoms with E-state index in [1.54, 1.807) is 18.3 Å². The largest absolute Gasteiger partial charge is 0.508 e. The lowest BCUT2D eigenvalue weighted by molar-refractivity contribution is -1.06. The van der Waals surface area contributed by atoms with E-state index in [-0.39, 0.29) is 27.9 Å². The smallest absolute Gasteiger partial charge is 0.334 e. The van der Waals surface area contributed by atoms with Crippen molar-refractivity contribution in [1.82, 2.24) is 5.32 Å². The predicted octanol–water partition coefficient (Wildman–Crippen LogP) is 1.06. The van der Waals surface area contributed by atoms with Crippen molar-refractivity contribution in [2.75, 3.05) is 20.2 Å². The Morgan fingerprint density at radius 1 is 1.12 bits per heavy atom. The monoisotopic (exact) mass is 706 g/mol. The molecule has 0 aliphatic carbocycles. The minimum Gasteiger partial charge on any atom is -0.508 e. The maximum Gasteiger partial charge on any atom is 0.334 e. The molecule has 0 radical (unpaired) electrons. The molecule has 1 fully saturated rings. The molecule has 1 unspecified atom stereocenters. The number of aliphatic hydroxyl groups is 2. The molecule has 0 spiro atoms. The van der Waals surface area contributed by atoms with E-state index in [0.29, 0.717) is 35.1 Å². The highest BCUT2D eigenvalue weighted by Gasteiger charge is 2.51. The maximum absolute atomic E-state index is 13.4. The Bertz CT molecular complexity index is 1940. The first-order valence-corrected chi connectivity index (χ1v) is 16.5. The van der Waals surface area contributed by atoms with Crippen LogP contribution < -0.4 is 20.5 Å². The number of aliphatic imine (C=N–C) groups is 1. The van der Waals surface area contributed by atoms with Gasteiger partial charge in [0.25, 0.3) is 0 Å². The number of ether oxygens (including phenoxy) is 3. The number of carboxylic acids is 1. The Kier molecular flexibility index (Phi) is 10.7. The molecule has 51 heavy (non-hydrogen) atoms. The van der Waals surface area contributed by atoms with Crippen molar-refractivity contribution in [2.45, 2.75) is 63.4 Å². The van der Waals surface area contributed by atoms with Crippen molar-refractivity contribution in [3.8, 4) is 22.6 Å². The molecule has 1 saturated heterocycles. The quantitative estimate of drug-likeness (QED) is 0.109. The summed E-state index contributed by atoms with van der Waals surface area (Å²) in [6, 6.07) is 8.97. The average Bonchev–Trinajstić information content (AvgIpc) is 3.68. The summed E-state index contributed by atoms with van der Waals surface area (Å²) in [6.45, 7) is 4.01. The molecule has 6 rings (SSSR count). The number of allylic oxidation sites excluding steroid dienone is 2. The number of nitrogens with zero attached hydrogens (tertiary/aromatic N) is 1. The number of carbonyl (C=O) groups is 2. The number of aliphatic carboxylic acids is 1. The van der Waals surface area contributed by atoms with Gasteiger partial charge in [-0.25, -0.2) is 9.59 Å². The van der Waals surface area contributed by atoms with E-state index in [4.69, 9.17) is 23.5 Å². The van der Waals surface area contributed by atoms with Gasteiger partial charge in [-0.05, 0) is 55.3 Å². The Balaban J connectivity index is 1.28. The number of carbonyl (C=O) groups excluding carboxylic acids is 1. The summed E-state index contributed by atoms with van der Waals surface area (Å²) >= 11 is 0. The summed E-state index contributed by atoms with van der Waals surface area (Å²) in [6.07, 6.45) is -0.809. The molecular formula is C36H40N3O12+. The van der Waals surface area contributed by atoms with E-state index in [2.05, 4.69) is 24.2 Å². The molecule has 3 aliphatic heterocycles. The van der Waals surface area contributed by atoms with E-state index in [1.807, 2.05) is 6.08 Å². The van der Waals surface area contributed by atoms with Crippen LogP contribution in [-0.2, 0) is 23.9 Å². The fraction of sp³-hybridized carbons (Fsp3) is 0.389. The molecule has 4 heterocycles. The number of rotatable bonds is 13. The number of hydrogen-bond donors (Lipinski definition) is 6. The Morgan fingerprint density at radius 3 is 2.59 bits per heavy atom. The second kappa shape index (κ2) is 15.1. The van der Waals surface area contributed by atoms with Gasteiger partial charge >= 0.3 is 11.9 Å². The molecule has 0 saturated carbocycles. The molecule has 15 heteroatoms. The second-order valence-electron chi connectivity index (χ2n) is 12.9. The fourth-order valence-electron chi connectivity index (χ4n) is 6.17. The highest BCUT2D eigenvalue weighted by molar-refractivity contribution is 5.98. The van der Waals surface area contributed by atoms with E-state index >= 15 is 0 Å². The molecule has 6 N–H and O–H groups in total. The van der Waals surface area contributed by atoms with E-state index in [1.165, 1.54) is 43.6 Å². The average molecular weight is 707 g/mol. The van der Waals surface area contributed by atoms with Gasteiger partial charge in [-0.15, -0.1) is 0 Å². The lowest BCUT2D eigenvalue weighted by Crippen LogP contribution is -3.09. The Morgan fingerprint density at radius 2 is 1.88 bits per heavy atom. The number of likely N-dealkylation sites (N-methyl/N-ethyl adjacent to an activating group) is 1. The zero-order valence-corrected chi connectivity index (χ0v) is 28.1. The van der Waals surface area contributed by atoms with Gasteiger partial charge in [0, 0.05) is 24.3 Å². The number of aliphatic hydroxyl groups excluding tert-OH is 2. The maximum atomic E-state index is 13.4. The van der Waals surface area contributed by atoms with Crippen LogP contribution in [0.2, 0.25) is 0 Å². The third-order valence-electron chi connectivity index (χ3n) is 8.99. The SMILES string of the molecule is CN[C@H](C(=O)O)C(=O)OC[C@@H]1O[C@H](Oc2ccc3c(=O)c(-c4ccc(O)cc4)coc3c2)[C@@H](O[NH+]2CC3=CC=NC3=C2CCC(C)C)[C@H](O)[C@H]1O. The number of nitrogens with one attached hydrogen (secondary N) is 2. The van der Waals surface area contributed by atoms with Gasteiger partial charge in [0.2, 0.25) is 18.4 Å². The number of quaternary nitrogens is 1. The summed E-state index contributed by atoms with van der Waals surface area (Å²) in [5, 5.41) is 44.7. The number of aromatic hydroxyl groups is 1. The van der Waals surface area contributed by atoms with Crippen LogP contribution in [0.4, 0.5) is 0 Å². The predicted molar refractivity (Wildman–Crippen MR) is 181 cm³/mol. The second-order valence-corrected chi connectivity index (χ2v) is 12.9. The molecule has 3 aliphatic rings. The number of benzene rings is 2. The number of hydrogen-bond acceptors (Lipinski definition) is 13. The summed E-state index contributed by atoms with van der Waals surface area (Å²) in [4.78, 5) is 48.2. The fourth-order valence-corrected chi connectivity index (χ4v) is 6.17. The number of hydroxylamine groups is 2. The van der Waals surface area contributed by atoms with E-state index in [9.17, 15) is 34.8 Å². The van der Waals surface area contributed by atoms with Crippen LogP contribution >= 0.6 is 0 Å². The molecular weight excluding hydrogens is 666 g/mol. The molecule has 270 valence electrons. The molecule has 15 nitrogen and oxygen atoms in total. The summed E-state index contributed by atoms with van der Waals surface area (Å²) in [5.74, 6) is -1.95. The number of carboxylic acid groups (broad SMARTS) is 1. The first-order chi connectivity index (χ1) is 24.4. The van der Waals surface area contributed by atoms with Gasteiger partial charge in [0.1, 0.15) is 60.5 Å². The summed E-state index contributed by atoms with van der Waals surface area (Å²) in [7, 11) is 1.28. The van der Waals surface area contributed by atoms with Crippen LogP contribution in [0.15, 0.2) is 86.0 Å². The standard InChI is InChI=1S/C36H39N3O12/c1-18(2)4-11-25-28-20(12-13-38-28)15-39(25)51-33-32(43)31(42)27(17-48-35(46)29(37-3)34(44)45)50-36(33)49-22-9-10-23-26(14-22)47-16-24(30(23)41)19-5-7-21(40)8-6-19/h5-10,12-14,16,18,27,29,31-33,36-37,40,42-43H,4,11,15,17H2,1-3H3,(H,44,45)/p+1/t27-,29+,31-,32+,33-,36-/m0/s1. The topological polar surface area (TPSA) is 211 Å². The highest BCUT2D eigenvalue weighted by Crippen LogP contribution is 2.31. The lowest BCUT2D eigenvalue weighted by Gasteiger charge is -2.41. The first kappa shape index (κ1) is 35.9. The van der Waals surface area contributed by atoms with Gasteiger partial charge in [0.15, 0.2) is 11.1 Å². The zero-order chi connectivity index (χ0) is 36.4. The van der Waals surface area contributed by atoms with Gasteiger partial charge in [-0.1, -0.05) is 26.0 Å². The van der Waals surface area contributed by atoms with Crippen molar-refractivity contribution in [1.29, 1.82) is 0 Å². The molecule has 3 aromatic rings. The van der Waals surface area contributed by atoms with E-state index < -0.39 is 55.3 Å². The first-order valence-electron chi connectivity index (χ1n) is 16.5. The van der Waals surface area contributed by atoms with Gasteiger partial charge < -0.3 is 39.1 Å². The molecule has 0 bridgehead atoms. The third-order valence-corrected chi connectivity index (χ3v) is 8.99. The van der Waals surface area contributed by atoms with Gasteiger partial charge in [0.05, 0.1) is 10.9 Å². The highest BCUT2D eigenvalue weighted by atomic mass is 16.8. The molecule has 0 amide bonds. The number of fused-ring (bicyclic) bond motifs is 2. The molecule has 7 atom stereocenters. The van der Waals surface area contributed by atoms with Crippen LogP contribution in [0.25, 0.3) is 22.1 Å². The van der Waals surface area contributed by atoms with Crippen molar-refractivity contribution < 1.29 is 58.5 Å². The Labute approximate surface area is 292 Å².